The monoisotopic (exact) mass is 438 g/mol. The smallest absolute Gasteiger partial charge is 0.289 e. The van der Waals surface area contributed by atoms with E-state index in [9.17, 15) is 27.6 Å². The molecule has 0 aliphatic carbocycles. The van der Waals surface area contributed by atoms with Gasteiger partial charge in [0.2, 0.25) is 11.8 Å². The van der Waals surface area contributed by atoms with Crippen molar-refractivity contribution in [3.8, 4) is 0 Å². The summed E-state index contributed by atoms with van der Waals surface area (Å²) in [7, 11) is 1.52. The molecule has 2 heterocycles. The molecule has 0 spiro atoms. The summed E-state index contributed by atoms with van der Waals surface area (Å²) in [5.74, 6) is -5.45. The van der Waals surface area contributed by atoms with Gasteiger partial charge in [0.15, 0.2) is 23.2 Å². The molecule has 11 heteroatoms. The Hall–Kier alpha value is -3.34. The van der Waals surface area contributed by atoms with Crippen molar-refractivity contribution in [1.29, 1.82) is 0 Å². The van der Waals surface area contributed by atoms with Crippen LogP contribution in [0.5, 0.6) is 0 Å². The van der Waals surface area contributed by atoms with Gasteiger partial charge in [0, 0.05) is 26.2 Å². The standard InChI is InChI=1S/C20H21F3N4O4/c1-25(11-16(28)24-14-5-4-13(21)18(22)19(14)23)12-17(29)26-6-8-27(9-7-26)20(30)15-3-2-10-31-15/h2-5,10H,6-9,11-12H2,1H3,(H,24,28). The van der Waals surface area contributed by atoms with Crippen molar-refractivity contribution in [2.24, 2.45) is 0 Å². The molecule has 166 valence electrons. The summed E-state index contributed by atoms with van der Waals surface area (Å²) in [6, 6.07) is 4.82. The van der Waals surface area contributed by atoms with Crippen LogP contribution in [0.3, 0.4) is 0 Å². The van der Waals surface area contributed by atoms with Crippen LogP contribution in [0.25, 0.3) is 0 Å². The van der Waals surface area contributed by atoms with E-state index in [2.05, 4.69) is 5.32 Å². The molecule has 1 aliphatic rings. The number of piperazine rings is 1. The van der Waals surface area contributed by atoms with Gasteiger partial charge in [-0.15, -0.1) is 0 Å². The fraction of sp³-hybridized carbons (Fsp3) is 0.350. The first-order valence-corrected chi connectivity index (χ1v) is 9.48. The SMILES string of the molecule is CN(CC(=O)Nc1ccc(F)c(F)c1F)CC(=O)N1CCN(C(=O)c2ccco2)CC1. The van der Waals surface area contributed by atoms with Gasteiger partial charge in [0.25, 0.3) is 5.91 Å². The van der Waals surface area contributed by atoms with Gasteiger partial charge in [-0.3, -0.25) is 19.3 Å². The van der Waals surface area contributed by atoms with Gasteiger partial charge in [-0.2, -0.15) is 0 Å². The number of rotatable bonds is 6. The lowest BCUT2D eigenvalue weighted by Gasteiger charge is -2.35. The highest BCUT2D eigenvalue weighted by Crippen LogP contribution is 2.19. The van der Waals surface area contributed by atoms with E-state index in [1.165, 1.54) is 18.2 Å². The number of carbonyl (C=O) groups excluding carboxylic acids is 3. The molecule has 1 N–H and O–H groups in total. The summed E-state index contributed by atoms with van der Waals surface area (Å²) in [4.78, 5) is 41.4. The van der Waals surface area contributed by atoms with Crippen LogP contribution in [0.2, 0.25) is 0 Å². The Labute approximate surface area is 176 Å². The number of amides is 3. The maximum absolute atomic E-state index is 13.7. The third-order valence-electron chi connectivity index (χ3n) is 4.78. The number of furan rings is 1. The molecule has 3 rings (SSSR count). The number of hydrogen-bond acceptors (Lipinski definition) is 5. The second-order valence-electron chi connectivity index (χ2n) is 7.09. The summed E-state index contributed by atoms with van der Waals surface area (Å²) >= 11 is 0. The number of halogens is 3. The number of carbonyl (C=O) groups is 3. The predicted octanol–water partition coefficient (Wildman–Crippen LogP) is 1.55. The van der Waals surface area contributed by atoms with Gasteiger partial charge < -0.3 is 19.5 Å². The van der Waals surface area contributed by atoms with E-state index < -0.39 is 29.0 Å². The lowest BCUT2D eigenvalue weighted by atomic mass is 10.2. The largest absolute Gasteiger partial charge is 0.459 e. The summed E-state index contributed by atoms with van der Waals surface area (Å²) in [6.07, 6.45) is 1.42. The second kappa shape index (κ2) is 9.65. The fourth-order valence-corrected chi connectivity index (χ4v) is 3.16. The van der Waals surface area contributed by atoms with Crippen molar-refractivity contribution in [1.82, 2.24) is 14.7 Å². The quantitative estimate of drug-likeness (QED) is 0.692. The zero-order valence-corrected chi connectivity index (χ0v) is 16.7. The molecule has 1 aromatic carbocycles. The Kier molecular flexibility index (Phi) is 6.95. The lowest BCUT2D eigenvalue weighted by Crippen LogP contribution is -2.52. The van der Waals surface area contributed by atoms with Crippen LogP contribution in [0.1, 0.15) is 10.6 Å². The fourth-order valence-electron chi connectivity index (χ4n) is 3.16. The molecule has 1 aliphatic heterocycles. The molecule has 0 radical (unpaired) electrons. The average molecular weight is 438 g/mol. The molecule has 8 nitrogen and oxygen atoms in total. The first-order chi connectivity index (χ1) is 14.8. The van der Waals surface area contributed by atoms with Gasteiger partial charge in [0.1, 0.15) is 0 Å². The van der Waals surface area contributed by atoms with Crippen LogP contribution in [0.15, 0.2) is 34.9 Å². The molecule has 31 heavy (non-hydrogen) atoms. The molecular formula is C20H21F3N4O4. The molecule has 3 amide bonds. The normalized spacial score (nSPS) is 14.1. The van der Waals surface area contributed by atoms with E-state index in [1.54, 1.807) is 21.9 Å². The number of anilines is 1. The van der Waals surface area contributed by atoms with Crippen LogP contribution in [-0.4, -0.2) is 78.7 Å². The molecule has 2 aromatic rings. The summed E-state index contributed by atoms with van der Waals surface area (Å²) < 4.78 is 45.0. The maximum Gasteiger partial charge on any atom is 0.289 e. The highest BCUT2D eigenvalue weighted by atomic mass is 19.2. The molecule has 1 aromatic heterocycles. The van der Waals surface area contributed by atoms with Crippen LogP contribution >= 0.6 is 0 Å². The van der Waals surface area contributed by atoms with E-state index in [-0.39, 0.29) is 30.7 Å². The Balaban J connectivity index is 1.45. The van der Waals surface area contributed by atoms with Crippen molar-refractivity contribution in [2.45, 2.75) is 0 Å². The van der Waals surface area contributed by atoms with E-state index >= 15 is 0 Å². The molecule has 0 saturated carbocycles. The first-order valence-electron chi connectivity index (χ1n) is 9.48. The second-order valence-corrected chi connectivity index (χ2v) is 7.09. The Morgan fingerprint density at radius 1 is 1.00 bits per heavy atom. The first kappa shape index (κ1) is 22.3. The minimum Gasteiger partial charge on any atom is -0.459 e. The van der Waals surface area contributed by atoms with E-state index in [0.29, 0.717) is 32.2 Å². The number of nitrogens with zero attached hydrogens (tertiary/aromatic N) is 3. The Morgan fingerprint density at radius 2 is 1.68 bits per heavy atom. The highest BCUT2D eigenvalue weighted by molar-refractivity contribution is 5.93. The summed E-state index contributed by atoms with van der Waals surface area (Å²) in [5, 5.41) is 2.15. The molecule has 1 saturated heterocycles. The van der Waals surface area contributed by atoms with Gasteiger partial charge in [-0.25, -0.2) is 13.2 Å². The van der Waals surface area contributed by atoms with Crippen molar-refractivity contribution in [3.05, 3.63) is 53.7 Å². The van der Waals surface area contributed by atoms with E-state index in [4.69, 9.17) is 4.42 Å². The summed E-state index contributed by atoms with van der Waals surface area (Å²) in [5.41, 5.74) is -0.485. The van der Waals surface area contributed by atoms with Crippen molar-refractivity contribution in [2.75, 3.05) is 51.6 Å². The Bertz CT molecular complexity index is 960. The third kappa shape index (κ3) is 5.43. The zero-order chi connectivity index (χ0) is 22.5. The van der Waals surface area contributed by atoms with E-state index in [0.717, 1.165) is 6.07 Å². The number of hydrogen-bond donors (Lipinski definition) is 1. The minimum absolute atomic E-state index is 0.0835. The van der Waals surface area contributed by atoms with Crippen molar-refractivity contribution in [3.63, 3.8) is 0 Å². The van der Waals surface area contributed by atoms with E-state index in [1.807, 2.05) is 0 Å². The predicted molar refractivity (Wildman–Crippen MR) is 104 cm³/mol. The van der Waals surface area contributed by atoms with Gasteiger partial charge >= 0.3 is 0 Å². The topological polar surface area (TPSA) is 86.1 Å². The van der Waals surface area contributed by atoms with Crippen LogP contribution in [0, 0.1) is 17.5 Å². The van der Waals surface area contributed by atoms with Crippen LogP contribution < -0.4 is 5.32 Å². The molecule has 1 fully saturated rings. The summed E-state index contributed by atoms with van der Waals surface area (Å²) in [6.45, 7) is 1.04. The average Bonchev–Trinajstić information content (AvgIpc) is 3.28. The highest BCUT2D eigenvalue weighted by Gasteiger charge is 2.26. The van der Waals surface area contributed by atoms with Gasteiger partial charge in [-0.05, 0) is 31.3 Å². The Morgan fingerprint density at radius 3 is 2.32 bits per heavy atom. The zero-order valence-electron chi connectivity index (χ0n) is 16.7. The molecule has 0 atom stereocenters. The lowest BCUT2D eigenvalue weighted by molar-refractivity contribution is -0.133. The minimum atomic E-state index is -1.67. The van der Waals surface area contributed by atoms with Crippen LogP contribution in [-0.2, 0) is 9.59 Å². The number of benzene rings is 1. The van der Waals surface area contributed by atoms with Gasteiger partial charge in [-0.1, -0.05) is 0 Å². The van der Waals surface area contributed by atoms with Crippen molar-refractivity contribution < 1.29 is 32.0 Å². The van der Waals surface area contributed by atoms with Crippen LogP contribution in [0.4, 0.5) is 18.9 Å². The molecule has 0 unspecified atom stereocenters. The number of likely N-dealkylation sites (N-methyl/N-ethyl adjacent to an activating group) is 1. The van der Waals surface area contributed by atoms with Gasteiger partial charge in [0.05, 0.1) is 25.0 Å². The maximum atomic E-state index is 13.7. The molecule has 0 bridgehead atoms. The number of nitrogens with one attached hydrogen (secondary N) is 1. The third-order valence-corrected chi connectivity index (χ3v) is 4.78. The van der Waals surface area contributed by atoms with Crippen molar-refractivity contribution >= 4 is 23.4 Å². The molecular weight excluding hydrogens is 417 g/mol.